The molecule has 2 aromatic carbocycles. The largest absolute Gasteiger partial charge is 0.335 e. The Balaban J connectivity index is 0.000000437. The van der Waals surface area contributed by atoms with Crippen LogP contribution in [0.4, 0.5) is 0 Å². The van der Waals surface area contributed by atoms with E-state index in [0.717, 1.165) is 11.1 Å². The molecule has 0 heterocycles. The molecule has 0 atom stereocenters. The lowest BCUT2D eigenvalue weighted by atomic mass is 10.0. The first-order chi connectivity index (χ1) is 8.29. The van der Waals surface area contributed by atoms with Crippen molar-refractivity contribution in [1.29, 1.82) is 0 Å². The standard InChI is InChI=1S/C13H10O.O2S/c14-13(11-7-3-1-4-8-11)12-9-5-2-6-10-12;1-3-2/h1-10H;. The molecule has 0 unspecified atom stereocenters. The molecule has 0 radical (unpaired) electrons. The summed E-state index contributed by atoms with van der Waals surface area (Å²) in [5.74, 6) is 0.0752. The van der Waals surface area contributed by atoms with Crippen molar-refractivity contribution < 1.29 is 13.2 Å². The predicted octanol–water partition coefficient (Wildman–Crippen LogP) is 2.25. The van der Waals surface area contributed by atoms with Crippen molar-refractivity contribution in [2.24, 2.45) is 0 Å². The third kappa shape index (κ3) is 4.12. The quantitative estimate of drug-likeness (QED) is 0.764. The van der Waals surface area contributed by atoms with Crippen molar-refractivity contribution in [2.45, 2.75) is 0 Å². The molecule has 4 heteroatoms. The van der Waals surface area contributed by atoms with Crippen LogP contribution in [0, 0.1) is 0 Å². The Hall–Kier alpha value is -2.07. The van der Waals surface area contributed by atoms with E-state index in [1.165, 1.54) is 0 Å². The fourth-order valence-corrected chi connectivity index (χ4v) is 1.35. The third-order valence-corrected chi connectivity index (χ3v) is 2.07. The van der Waals surface area contributed by atoms with Crippen LogP contribution in [0.1, 0.15) is 15.9 Å². The van der Waals surface area contributed by atoms with Gasteiger partial charge in [-0.1, -0.05) is 60.7 Å². The first kappa shape index (κ1) is 13.0. The number of hydrogen-bond acceptors (Lipinski definition) is 3. The van der Waals surface area contributed by atoms with E-state index in [-0.39, 0.29) is 5.78 Å². The summed E-state index contributed by atoms with van der Waals surface area (Å²) in [6, 6.07) is 18.6. The molecule has 2 aromatic rings. The van der Waals surface area contributed by atoms with Gasteiger partial charge in [0.25, 0.3) is 0 Å². The average molecular weight is 246 g/mol. The van der Waals surface area contributed by atoms with E-state index in [0.29, 0.717) is 0 Å². The van der Waals surface area contributed by atoms with Gasteiger partial charge in [-0.15, -0.1) is 0 Å². The fraction of sp³-hybridized carbons (Fsp3) is 0. The Bertz CT molecular complexity index is 461. The van der Waals surface area contributed by atoms with Gasteiger partial charge in [-0.3, -0.25) is 4.79 Å². The second-order valence-corrected chi connectivity index (χ2v) is 3.27. The molecule has 0 N–H and O–H groups in total. The normalized spacial score (nSPS) is 8.71. The van der Waals surface area contributed by atoms with Gasteiger partial charge in [-0.05, 0) is 0 Å². The number of rotatable bonds is 2. The van der Waals surface area contributed by atoms with Crippen molar-refractivity contribution in [2.75, 3.05) is 0 Å². The molecule has 0 spiro atoms. The molecule has 0 fully saturated rings. The highest BCUT2D eigenvalue weighted by molar-refractivity contribution is 7.51. The number of benzene rings is 2. The third-order valence-electron chi connectivity index (χ3n) is 2.07. The molecule has 0 saturated heterocycles. The van der Waals surface area contributed by atoms with Gasteiger partial charge >= 0.3 is 11.6 Å². The SMILES string of the molecule is O=C(c1ccccc1)c1ccccc1.O=S=O. The number of ketones is 1. The van der Waals surface area contributed by atoms with Gasteiger partial charge in [0.2, 0.25) is 0 Å². The molecule has 0 amide bonds. The van der Waals surface area contributed by atoms with Gasteiger partial charge in [0, 0.05) is 11.1 Å². The van der Waals surface area contributed by atoms with Crippen molar-refractivity contribution in [1.82, 2.24) is 0 Å². The molecule has 17 heavy (non-hydrogen) atoms. The molecule has 3 nitrogen and oxygen atoms in total. The van der Waals surface area contributed by atoms with Crippen molar-refractivity contribution in [3.05, 3.63) is 71.8 Å². The maximum Gasteiger partial charge on any atom is 0.335 e. The minimum Gasteiger partial charge on any atom is -0.289 e. The lowest BCUT2D eigenvalue weighted by Crippen LogP contribution is -1.99. The summed E-state index contributed by atoms with van der Waals surface area (Å²) >= 11 is -0.750. The van der Waals surface area contributed by atoms with E-state index in [1.54, 1.807) is 0 Å². The van der Waals surface area contributed by atoms with E-state index >= 15 is 0 Å². The zero-order chi connectivity index (χ0) is 12.5. The zero-order valence-corrected chi connectivity index (χ0v) is 9.72. The molecule has 0 saturated carbocycles. The van der Waals surface area contributed by atoms with Gasteiger partial charge < -0.3 is 0 Å². The molecule has 0 aliphatic heterocycles. The van der Waals surface area contributed by atoms with Gasteiger partial charge in [0.05, 0.1) is 0 Å². The molecule has 0 aliphatic carbocycles. The number of carbonyl (C=O) groups excluding carboxylic acids is 1. The highest BCUT2D eigenvalue weighted by atomic mass is 32.1. The topological polar surface area (TPSA) is 51.2 Å². The summed E-state index contributed by atoms with van der Waals surface area (Å²) < 4.78 is 16.6. The van der Waals surface area contributed by atoms with Gasteiger partial charge in [0.1, 0.15) is 0 Å². The number of carbonyl (C=O) groups is 1. The van der Waals surface area contributed by atoms with Crippen LogP contribution in [0.25, 0.3) is 0 Å². The molecule has 0 aliphatic rings. The van der Waals surface area contributed by atoms with Crippen LogP contribution in [0.3, 0.4) is 0 Å². The summed E-state index contributed by atoms with van der Waals surface area (Å²) in [6.45, 7) is 0. The molecule has 2 rings (SSSR count). The fourth-order valence-electron chi connectivity index (χ4n) is 1.35. The van der Waals surface area contributed by atoms with Gasteiger partial charge in [0.15, 0.2) is 5.78 Å². The lowest BCUT2D eigenvalue weighted by Gasteiger charge is -1.99. The van der Waals surface area contributed by atoms with Crippen molar-refractivity contribution in [3.8, 4) is 0 Å². The Kier molecular flexibility index (Phi) is 5.54. The Labute approximate surface area is 103 Å². The minimum atomic E-state index is -0.750. The Morgan fingerprint density at radius 3 is 1.29 bits per heavy atom. The molecule has 0 bridgehead atoms. The highest BCUT2D eigenvalue weighted by Gasteiger charge is 2.06. The van der Waals surface area contributed by atoms with E-state index < -0.39 is 11.6 Å². The van der Waals surface area contributed by atoms with Crippen molar-refractivity contribution in [3.63, 3.8) is 0 Å². The van der Waals surface area contributed by atoms with Crippen LogP contribution in [0.15, 0.2) is 60.7 Å². The van der Waals surface area contributed by atoms with Gasteiger partial charge in [-0.2, -0.15) is 8.42 Å². The highest BCUT2D eigenvalue weighted by Crippen LogP contribution is 2.08. The molecular weight excluding hydrogens is 236 g/mol. The monoisotopic (exact) mass is 246 g/mol. The van der Waals surface area contributed by atoms with Crippen LogP contribution in [-0.4, -0.2) is 14.2 Å². The first-order valence-electron chi connectivity index (χ1n) is 4.86. The molecule has 0 aromatic heterocycles. The average Bonchev–Trinajstić information content (AvgIpc) is 2.41. The maximum absolute atomic E-state index is 11.8. The van der Waals surface area contributed by atoms with E-state index in [1.807, 2.05) is 60.7 Å². The molecular formula is C13H10O3S. The smallest absolute Gasteiger partial charge is 0.289 e. The first-order valence-corrected chi connectivity index (χ1v) is 5.53. The van der Waals surface area contributed by atoms with Gasteiger partial charge in [-0.25, -0.2) is 0 Å². The second kappa shape index (κ2) is 7.24. The van der Waals surface area contributed by atoms with Crippen LogP contribution in [0.2, 0.25) is 0 Å². The Morgan fingerprint density at radius 1 is 0.706 bits per heavy atom. The van der Waals surface area contributed by atoms with Crippen LogP contribution in [-0.2, 0) is 11.6 Å². The van der Waals surface area contributed by atoms with Crippen LogP contribution >= 0.6 is 0 Å². The summed E-state index contributed by atoms with van der Waals surface area (Å²) in [6.07, 6.45) is 0. The Morgan fingerprint density at radius 2 is 1.00 bits per heavy atom. The minimum absolute atomic E-state index is 0.0752. The van der Waals surface area contributed by atoms with E-state index in [2.05, 4.69) is 0 Å². The maximum atomic E-state index is 11.8. The van der Waals surface area contributed by atoms with E-state index in [4.69, 9.17) is 8.42 Å². The number of hydrogen-bond donors (Lipinski definition) is 0. The summed E-state index contributed by atoms with van der Waals surface area (Å²) in [4.78, 5) is 11.8. The zero-order valence-electron chi connectivity index (χ0n) is 8.91. The summed E-state index contributed by atoms with van der Waals surface area (Å²) in [5.41, 5.74) is 1.47. The predicted molar refractivity (Wildman–Crippen MR) is 65.2 cm³/mol. The summed E-state index contributed by atoms with van der Waals surface area (Å²) in [5, 5.41) is 0. The van der Waals surface area contributed by atoms with Crippen LogP contribution in [0.5, 0.6) is 0 Å². The lowest BCUT2D eigenvalue weighted by molar-refractivity contribution is 0.103. The van der Waals surface area contributed by atoms with Crippen LogP contribution < -0.4 is 0 Å². The summed E-state index contributed by atoms with van der Waals surface area (Å²) in [7, 11) is 0. The second-order valence-electron chi connectivity index (χ2n) is 3.13. The molecule has 86 valence electrons. The van der Waals surface area contributed by atoms with E-state index in [9.17, 15) is 4.79 Å². The van der Waals surface area contributed by atoms with Crippen molar-refractivity contribution >= 4 is 17.4 Å².